The Hall–Kier alpha value is -3.39. The molecule has 4 heterocycles. The first kappa shape index (κ1) is 17.7. The van der Waals surface area contributed by atoms with Gasteiger partial charge in [-0.25, -0.2) is 4.98 Å². The minimum atomic E-state index is -0.102. The third kappa shape index (κ3) is 3.21. The Bertz CT molecular complexity index is 1150. The van der Waals surface area contributed by atoms with Crippen LogP contribution in [0.1, 0.15) is 10.6 Å². The molecule has 0 unspecified atom stereocenters. The van der Waals surface area contributed by atoms with Crippen LogP contribution in [0.4, 0.5) is 5.82 Å². The molecule has 0 radical (unpaired) electrons. The second-order valence-corrected chi connectivity index (χ2v) is 7.11. The molecule has 1 aliphatic rings. The van der Waals surface area contributed by atoms with E-state index in [1.165, 1.54) is 12.6 Å². The Morgan fingerprint density at radius 2 is 1.83 bits per heavy atom. The highest BCUT2D eigenvalue weighted by molar-refractivity contribution is 6.30. The van der Waals surface area contributed by atoms with Crippen molar-refractivity contribution in [1.82, 2.24) is 20.0 Å². The number of halogens is 1. The molecule has 29 heavy (non-hydrogen) atoms. The van der Waals surface area contributed by atoms with E-state index in [1.54, 1.807) is 29.2 Å². The number of hydrogen-bond acceptors (Lipinski definition) is 7. The van der Waals surface area contributed by atoms with Gasteiger partial charge in [-0.3, -0.25) is 4.79 Å². The molecule has 8 nitrogen and oxygen atoms in total. The summed E-state index contributed by atoms with van der Waals surface area (Å²) in [5, 5.41) is 5.60. The molecule has 0 aliphatic carbocycles. The van der Waals surface area contributed by atoms with Crippen LogP contribution in [0.2, 0.25) is 5.02 Å². The largest absolute Gasteiger partial charge is 0.459 e. The average molecular weight is 410 g/mol. The Morgan fingerprint density at radius 3 is 2.55 bits per heavy atom. The molecular formula is C20H16ClN5O3. The van der Waals surface area contributed by atoms with E-state index >= 15 is 0 Å². The first-order valence-corrected chi connectivity index (χ1v) is 9.52. The van der Waals surface area contributed by atoms with Gasteiger partial charge in [0.25, 0.3) is 11.6 Å². The lowest BCUT2D eigenvalue weighted by Gasteiger charge is -2.35. The van der Waals surface area contributed by atoms with Gasteiger partial charge in [0, 0.05) is 36.8 Å². The van der Waals surface area contributed by atoms with Crippen molar-refractivity contribution in [2.24, 2.45) is 0 Å². The van der Waals surface area contributed by atoms with Crippen LogP contribution in [0.25, 0.3) is 22.4 Å². The lowest BCUT2D eigenvalue weighted by atomic mass is 10.1. The van der Waals surface area contributed by atoms with Crippen LogP contribution in [0.3, 0.4) is 0 Å². The molecule has 1 aromatic carbocycles. The molecule has 1 saturated heterocycles. The van der Waals surface area contributed by atoms with Gasteiger partial charge in [-0.15, -0.1) is 0 Å². The summed E-state index contributed by atoms with van der Waals surface area (Å²) in [6.45, 7) is 2.38. The summed E-state index contributed by atoms with van der Waals surface area (Å²) < 4.78 is 10.7. The number of anilines is 1. The summed E-state index contributed by atoms with van der Waals surface area (Å²) in [4.78, 5) is 25.1. The highest BCUT2D eigenvalue weighted by Gasteiger charge is 2.27. The Labute approximate surface area is 170 Å². The first-order chi connectivity index (χ1) is 14.2. The van der Waals surface area contributed by atoms with Crippen molar-refractivity contribution in [2.45, 2.75) is 0 Å². The maximum Gasteiger partial charge on any atom is 0.289 e. The van der Waals surface area contributed by atoms with E-state index in [9.17, 15) is 4.79 Å². The van der Waals surface area contributed by atoms with Crippen molar-refractivity contribution >= 4 is 34.4 Å². The van der Waals surface area contributed by atoms with Crippen molar-refractivity contribution in [2.75, 3.05) is 31.1 Å². The fourth-order valence-corrected chi connectivity index (χ4v) is 3.62. The second-order valence-electron chi connectivity index (χ2n) is 6.67. The van der Waals surface area contributed by atoms with E-state index in [4.69, 9.17) is 20.5 Å². The number of furan rings is 1. The van der Waals surface area contributed by atoms with E-state index in [0.29, 0.717) is 48.4 Å². The van der Waals surface area contributed by atoms with E-state index < -0.39 is 0 Å². The first-order valence-electron chi connectivity index (χ1n) is 9.15. The molecule has 146 valence electrons. The van der Waals surface area contributed by atoms with Crippen molar-refractivity contribution in [3.63, 3.8) is 0 Å². The van der Waals surface area contributed by atoms with E-state index in [0.717, 1.165) is 16.8 Å². The average Bonchev–Trinajstić information content (AvgIpc) is 3.44. The molecule has 0 spiro atoms. The number of fused-ring (bicyclic) bond motifs is 1. The van der Waals surface area contributed by atoms with Crippen molar-refractivity contribution in [1.29, 1.82) is 0 Å². The van der Waals surface area contributed by atoms with Gasteiger partial charge in [-0.05, 0) is 24.3 Å². The molecule has 4 aromatic rings. The van der Waals surface area contributed by atoms with Crippen LogP contribution in [0, 0.1) is 0 Å². The molecule has 1 amide bonds. The number of rotatable bonds is 3. The minimum absolute atomic E-state index is 0.102. The number of benzene rings is 1. The molecule has 5 rings (SSSR count). The standard InChI is InChI=1S/C20H16ClN5O3/c21-14-5-3-13(4-6-14)17-16-18(22-12-23-19(16)29-24-17)25-7-9-26(10-8-25)20(27)15-2-1-11-28-15/h1-6,11-12H,7-10H2. The van der Waals surface area contributed by atoms with Gasteiger partial charge < -0.3 is 18.7 Å². The summed E-state index contributed by atoms with van der Waals surface area (Å²) >= 11 is 6.00. The SMILES string of the molecule is O=C(c1ccco1)N1CCN(c2ncnc3onc(-c4ccc(Cl)cc4)c23)CC1. The Kier molecular flexibility index (Phi) is 4.40. The summed E-state index contributed by atoms with van der Waals surface area (Å²) in [5.74, 6) is 0.993. The van der Waals surface area contributed by atoms with E-state index in [1.807, 2.05) is 12.1 Å². The maximum absolute atomic E-state index is 12.5. The summed E-state index contributed by atoms with van der Waals surface area (Å²) in [5.41, 5.74) is 1.96. The summed E-state index contributed by atoms with van der Waals surface area (Å²) in [6.07, 6.45) is 2.97. The topological polar surface area (TPSA) is 88.5 Å². The smallest absolute Gasteiger partial charge is 0.289 e. The number of piperazine rings is 1. The van der Waals surface area contributed by atoms with Crippen LogP contribution in [-0.2, 0) is 0 Å². The molecule has 0 atom stereocenters. The normalized spacial score (nSPS) is 14.5. The number of carbonyl (C=O) groups excluding carboxylic acids is 1. The third-order valence-electron chi connectivity index (χ3n) is 4.97. The number of carbonyl (C=O) groups is 1. The van der Waals surface area contributed by atoms with Crippen molar-refractivity contribution in [3.05, 3.63) is 59.8 Å². The summed E-state index contributed by atoms with van der Waals surface area (Å²) in [7, 11) is 0. The predicted octanol–water partition coefficient (Wildman–Crippen LogP) is 3.49. The van der Waals surface area contributed by atoms with Crippen LogP contribution >= 0.6 is 11.6 Å². The van der Waals surface area contributed by atoms with Crippen LogP contribution < -0.4 is 4.90 Å². The molecule has 0 saturated carbocycles. The van der Waals surface area contributed by atoms with Gasteiger partial charge in [-0.2, -0.15) is 4.98 Å². The highest BCUT2D eigenvalue weighted by Crippen LogP contribution is 2.33. The van der Waals surface area contributed by atoms with Crippen LogP contribution in [-0.4, -0.2) is 52.1 Å². The van der Waals surface area contributed by atoms with Gasteiger partial charge in [0.15, 0.2) is 5.76 Å². The molecule has 0 bridgehead atoms. The zero-order chi connectivity index (χ0) is 19.8. The fourth-order valence-electron chi connectivity index (χ4n) is 3.49. The van der Waals surface area contributed by atoms with Gasteiger partial charge >= 0.3 is 0 Å². The van der Waals surface area contributed by atoms with Gasteiger partial charge in [0.1, 0.15) is 23.2 Å². The Balaban J connectivity index is 1.43. The number of aromatic nitrogens is 3. The van der Waals surface area contributed by atoms with Crippen LogP contribution in [0.5, 0.6) is 0 Å². The quantitative estimate of drug-likeness (QED) is 0.511. The highest BCUT2D eigenvalue weighted by atomic mass is 35.5. The molecule has 0 N–H and O–H groups in total. The third-order valence-corrected chi connectivity index (χ3v) is 5.22. The number of amides is 1. The fraction of sp³-hybridized carbons (Fsp3) is 0.200. The minimum Gasteiger partial charge on any atom is -0.459 e. The zero-order valence-corrected chi connectivity index (χ0v) is 16.0. The summed E-state index contributed by atoms with van der Waals surface area (Å²) in [6, 6.07) is 10.8. The predicted molar refractivity (Wildman–Crippen MR) is 107 cm³/mol. The molecule has 3 aromatic heterocycles. The Morgan fingerprint density at radius 1 is 1.03 bits per heavy atom. The van der Waals surface area contributed by atoms with E-state index in [-0.39, 0.29) is 5.91 Å². The van der Waals surface area contributed by atoms with E-state index in [2.05, 4.69) is 20.0 Å². The van der Waals surface area contributed by atoms with Crippen molar-refractivity contribution < 1.29 is 13.7 Å². The van der Waals surface area contributed by atoms with Gasteiger partial charge in [0.2, 0.25) is 0 Å². The second kappa shape index (κ2) is 7.21. The lowest BCUT2D eigenvalue weighted by molar-refractivity contribution is 0.0714. The van der Waals surface area contributed by atoms with Gasteiger partial charge in [0.05, 0.1) is 6.26 Å². The maximum atomic E-state index is 12.5. The zero-order valence-electron chi connectivity index (χ0n) is 15.3. The van der Waals surface area contributed by atoms with Crippen molar-refractivity contribution in [3.8, 4) is 11.3 Å². The number of nitrogens with zero attached hydrogens (tertiary/aromatic N) is 5. The lowest BCUT2D eigenvalue weighted by Crippen LogP contribution is -2.49. The molecule has 1 fully saturated rings. The monoisotopic (exact) mass is 409 g/mol. The number of hydrogen-bond donors (Lipinski definition) is 0. The van der Waals surface area contributed by atoms with Crippen LogP contribution in [0.15, 0.2) is 57.9 Å². The molecule has 1 aliphatic heterocycles. The molecule has 9 heteroatoms. The van der Waals surface area contributed by atoms with Gasteiger partial charge in [-0.1, -0.05) is 28.9 Å². The molecular weight excluding hydrogens is 394 g/mol.